The van der Waals surface area contributed by atoms with Gasteiger partial charge >= 0.3 is 5.97 Å². The van der Waals surface area contributed by atoms with Crippen LogP contribution in [0, 0.1) is 5.92 Å². The van der Waals surface area contributed by atoms with Crippen LogP contribution in [0.2, 0.25) is 0 Å². The second-order valence-corrected chi connectivity index (χ2v) is 6.48. The van der Waals surface area contributed by atoms with Gasteiger partial charge in [0.2, 0.25) is 5.91 Å². The van der Waals surface area contributed by atoms with Crippen molar-refractivity contribution in [3.05, 3.63) is 70.2 Å². The molecular weight excluding hydrogens is 384 g/mol. The third kappa shape index (κ3) is 3.79. The SMILES string of the molecule is CCOC(=O)[C@@H]1C(=O)NC(c2ccccc2)=N[C@H]1c1cccc(Br)c1. The Morgan fingerprint density at radius 1 is 1.20 bits per heavy atom. The van der Waals surface area contributed by atoms with Crippen LogP contribution < -0.4 is 5.32 Å². The van der Waals surface area contributed by atoms with Gasteiger partial charge in [-0.1, -0.05) is 58.4 Å². The first-order valence-corrected chi connectivity index (χ1v) is 8.75. The molecule has 3 rings (SSSR count). The first-order chi connectivity index (χ1) is 12.1. The maximum absolute atomic E-state index is 12.7. The Morgan fingerprint density at radius 2 is 1.96 bits per heavy atom. The molecule has 0 radical (unpaired) electrons. The van der Waals surface area contributed by atoms with E-state index in [0.717, 1.165) is 15.6 Å². The number of nitrogens with zero attached hydrogens (tertiary/aromatic N) is 1. The van der Waals surface area contributed by atoms with E-state index in [1.807, 2.05) is 54.6 Å². The Balaban J connectivity index is 2.07. The molecule has 1 N–H and O–H groups in total. The van der Waals surface area contributed by atoms with Crippen LogP contribution in [0.5, 0.6) is 0 Å². The van der Waals surface area contributed by atoms with E-state index in [-0.39, 0.29) is 6.61 Å². The highest BCUT2D eigenvalue weighted by molar-refractivity contribution is 9.10. The minimum absolute atomic E-state index is 0.211. The van der Waals surface area contributed by atoms with Gasteiger partial charge in [-0.3, -0.25) is 14.6 Å². The largest absolute Gasteiger partial charge is 0.465 e. The van der Waals surface area contributed by atoms with Crippen molar-refractivity contribution in [3.8, 4) is 0 Å². The Hall–Kier alpha value is -2.47. The van der Waals surface area contributed by atoms with E-state index < -0.39 is 23.8 Å². The van der Waals surface area contributed by atoms with Crippen LogP contribution in [0.3, 0.4) is 0 Å². The Kier molecular flexibility index (Phi) is 5.28. The van der Waals surface area contributed by atoms with Crippen molar-refractivity contribution in [1.29, 1.82) is 0 Å². The van der Waals surface area contributed by atoms with Crippen molar-refractivity contribution in [1.82, 2.24) is 5.32 Å². The summed E-state index contributed by atoms with van der Waals surface area (Å²) in [5, 5.41) is 2.73. The fraction of sp³-hybridized carbons (Fsp3) is 0.211. The van der Waals surface area contributed by atoms with E-state index in [9.17, 15) is 9.59 Å². The summed E-state index contributed by atoms with van der Waals surface area (Å²) in [6, 6.07) is 16.2. The molecule has 0 unspecified atom stereocenters. The van der Waals surface area contributed by atoms with Crippen molar-refractivity contribution >= 4 is 33.6 Å². The second kappa shape index (κ2) is 7.61. The van der Waals surface area contributed by atoms with E-state index in [1.165, 1.54) is 0 Å². The highest BCUT2D eigenvalue weighted by atomic mass is 79.9. The predicted octanol–water partition coefficient (Wildman–Crippen LogP) is 3.25. The summed E-state index contributed by atoms with van der Waals surface area (Å²) in [6.45, 7) is 1.93. The average Bonchev–Trinajstić information content (AvgIpc) is 2.62. The number of rotatable bonds is 4. The van der Waals surface area contributed by atoms with Crippen LogP contribution in [-0.4, -0.2) is 24.3 Å². The number of nitrogens with one attached hydrogen (secondary N) is 1. The molecule has 128 valence electrons. The summed E-state index contributed by atoms with van der Waals surface area (Å²) in [4.78, 5) is 29.7. The summed E-state index contributed by atoms with van der Waals surface area (Å²) in [5.74, 6) is -1.53. The van der Waals surface area contributed by atoms with Crippen molar-refractivity contribution < 1.29 is 14.3 Å². The highest BCUT2D eigenvalue weighted by Gasteiger charge is 2.41. The molecule has 6 heteroatoms. The summed E-state index contributed by atoms with van der Waals surface area (Å²) < 4.78 is 5.95. The lowest BCUT2D eigenvalue weighted by atomic mass is 9.90. The summed E-state index contributed by atoms with van der Waals surface area (Å²) in [7, 11) is 0. The molecule has 0 aromatic heterocycles. The van der Waals surface area contributed by atoms with Gasteiger partial charge in [-0.25, -0.2) is 0 Å². The summed E-state index contributed by atoms with van der Waals surface area (Å²) >= 11 is 3.43. The molecule has 0 fully saturated rings. The number of carbonyl (C=O) groups excluding carboxylic acids is 2. The fourth-order valence-corrected chi connectivity index (χ4v) is 3.17. The number of esters is 1. The van der Waals surface area contributed by atoms with Gasteiger partial charge < -0.3 is 10.1 Å². The van der Waals surface area contributed by atoms with Gasteiger partial charge in [0.25, 0.3) is 0 Å². The van der Waals surface area contributed by atoms with E-state index in [0.29, 0.717) is 5.84 Å². The topological polar surface area (TPSA) is 67.8 Å². The Morgan fingerprint density at radius 3 is 2.64 bits per heavy atom. The van der Waals surface area contributed by atoms with Crippen LogP contribution in [0.1, 0.15) is 24.1 Å². The van der Waals surface area contributed by atoms with E-state index in [2.05, 4.69) is 26.2 Å². The maximum Gasteiger partial charge on any atom is 0.321 e. The van der Waals surface area contributed by atoms with Gasteiger partial charge in [-0.05, 0) is 24.6 Å². The molecule has 1 heterocycles. The Bertz CT molecular complexity index is 820. The molecular formula is C19H17BrN2O3. The average molecular weight is 401 g/mol. The number of aliphatic imine (C=N–C) groups is 1. The normalized spacial score (nSPS) is 19.8. The third-order valence-electron chi connectivity index (χ3n) is 3.89. The van der Waals surface area contributed by atoms with E-state index in [4.69, 9.17) is 4.74 Å². The lowest BCUT2D eigenvalue weighted by Gasteiger charge is -2.28. The zero-order chi connectivity index (χ0) is 17.8. The lowest BCUT2D eigenvalue weighted by Crippen LogP contribution is -2.47. The smallest absolute Gasteiger partial charge is 0.321 e. The van der Waals surface area contributed by atoms with Gasteiger partial charge in [0, 0.05) is 10.0 Å². The molecule has 0 saturated heterocycles. The molecule has 5 nitrogen and oxygen atoms in total. The van der Waals surface area contributed by atoms with Crippen LogP contribution >= 0.6 is 15.9 Å². The molecule has 1 amide bonds. The first kappa shape index (κ1) is 17.4. The Labute approximate surface area is 154 Å². The lowest BCUT2D eigenvalue weighted by molar-refractivity contribution is -0.153. The van der Waals surface area contributed by atoms with Crippen LogP contribution in [0.15, 0.2) is 64.1 Å². The van der Waals surface area contributed by atoms with Crippen molar-refractivity contribution in [2.75, 3.05) is 6.61 Å². The van der Waals surface area contributed by atoms with Crippen molar-refractivity contribution in [2.24, 2.45) is 10.9 Å². The summed E-state index contributed by atoms with van der Waals surface area (Å²) in [5.41, 5.74) is 1.56. The monoisotopic (exact) mass is 400 g/mol. The highest BCUT2D eigenvalue weighted by Crippen LogP contribution is 2.32. The number of benzene rings is 2. The molecule has 1 aliphatic heterocycles. The molecule has 0 aliphatic carbocycles. The molecule has 0 bridgehead atoms. The van der Waals surface area contributed by atoms with E-state index in [1.54, 1.807) is 6.92 Å². The van der Waals surface area contributed by atoms with E-state index >= 15 is 0 Å². The van der Waals surface area contributed by atoms with Gasteiger partial charge in [-0.15, -0.1) is 0 Å². The maximum atomic E-state index is 12.7. The number of hydrogen-bond donors (Lipinski definition) is 1. The quantitative estimate of drug-likeness (QED) is 0.632. The molecule has 2 aromatic rings. The van der Waals surface area contributed by atoms with Gasteiger partial charge in [0.1, 0.15) is 5.84 Å². The number of carbonyl (C=O) groups is 2. The minimum atomic E-state index is -1.01. The number of halogens is 1. The zero-order valence-corrected chi connectivity index (χ0v) is 15.2. The number of amidine groups is 1. The van der Waals surface area contributed by atoms with Gasteiger partial charge in [-0.2, -0.15) is 0 Å². The molecule has 25 heavy (non-hydrogen) atoms. The number of amides is 1. The molecule has 1 aliphatic rings. The number of ether oxygens (including phenoxy) is 1. The molecule has 2 aromatic carbocycles. The first-order valence-electron chi connectivity index (χ1n) is 7.96. The summed E-state index contributed by atoms with van der Waals surface area (Å²) in [6.07, 6.45) is 0. The van der Waals surface area contributed by atoms with Crippen LogP contribution in [0.4, 0.5) is 0 Å². The molecule has 2 atom stereocenters. The molecule has 0 saturated carbocycles. The van der Waals surface area contributed by atoms with Crippen LogP contribution in [0.25, 0.3) is 0 Å². The van der Waals surface area contributed by atoms with Gasteiger partial charge in [0.05, 0.1) is 12.6 Å². The molecule has 0 spiro atoms. The van der Waals surface area contributed by atoms with Crippen LogP contribution in [-0.2, 0) is 14.3 Å². The predicted molar refractivity (Wildman–Crippen MR) is 98.1 cm³/mol. The standard InChI is InChI=1S/C19H17BrN2O3/c1-2-25-19(24)15-16(13-9-6-10-14(20)11-13)21-17(22-18(15)23)12-7-4-3-5-8-12/h3-11,15-16H,2H2,1H3,(H,21,22,23)/t15-,16-/m0/s1. The second-order valence-electron chi connectivity index (χ2n) is 5.56. The fourth-order valence-electron chi connectivity index (χ4n) is 2.75. The minimum Gasteiger partial charge on any atom is -0.465 e. The van der Waals surface area contributed by atoms with Crippen molar-refractivity contribution in [3.63, 3.8) is 0 Å². The zero-order valence-electron chi connectivity index (χ0n) is 13.6. The van der Waals surface area contributed by atoms with Crippen molar-refractivity contribution in [2.45, 2.75) is 13.0 Å². The number of hydrogen-bond acceptors (Lipinski definition) is 4. The van der Waals surface area contributed by atoms with Gasteiger partial charge in [0.15, 0.2) is 5.92 Å². The third-order valence-corrected chi connectivity index (χ3v) is 4.38.